The third-order valence-electron chi connectivity index (χ3n) is 5.92. The number of nitrogens with two attached hydrogens (primary N) is 1. The lowest BCUT2D eigenvalue weighted by molar-refractivity contribution is 0.496. The molecule has 0 saturated carbocycles. The van der Waals surface area contributed by atoms with Gasteiger partial charge in [-0.15, -0.1) is 5.92 Å². The van der Waals surface area contributed by atoms with E-state index in [1.807, 2.05) is 11.0 Å². The number of aromatic nitrogens is 4. The number of hydrogen-bond donors (Lipinski definition) is 1. The van der Waals surface area contributed by atoms with Crippen LogP contribution in [0.3, 0.4) is 0 Å². The summed E-state index contributed by atoms with van der Waals surface area (Å²) in [5, 5.41) is 9.36. The average molecular weight is 449 g/mol. The normalized spacial score (nSPS) is 15.8. The van der Waals surface area contributed by atoms with Crippen molar-refractivity contribution in [2.75, 3.05) is 18.0 Å². The number of anilines is 1. The van der Waals surface area contributed by atoms with Crippen molar-refractivity contribution in [2.24, 2.45) is 12.8 Å². The highest BCUT2D eigenvalue weighted by atomic mass is 19.1. The Bertz CT molecular complexity index is 1450. The van der Waals surface area contributed by atoms with Gasteiger partial charge in [0.15, 0.2) is 11.2 Å². The molecule has 170 valence electrons. The number of nitriles is 1. The third-order valence-corrected chi connectivity index (χ3v) is 5.92. The van der Waals surface area contributed by atoms with Crippen LogP contribution < -0.4 is 21.9 Å². The van der Waals surface area contributed by atoms with Crippen LogP contribution in [-0.2, 0) is 20.1 Å². The Balaban J connectivity index is 1.96. The molecule has 1 atom stereocenters. The lowest BCUT2D eigenvalue weighted by atomic mass is 10.1. The molecule has 3 heterocycles. The fourth-order valence-corrected chi connectivity index (χ4v) is 4.22. The molecule has 0 unspecified atom stereocenters. The van der Waals surface area contributed by atoms with Gasteiger partial charge in [-0.25, -0.2) is 9.18 Å². The molecule has 0 radical (unpaired) electrons. The van der Waals surface area contributed by atoms with Crippen LogP contribution in [0.1, 0.15) is 30.9 Å². The van der Waals surface area contributed by atoms with Crippen LogP contribution in [-0.4, -0.2) is 37.8 Å². The second kappa shape index (κ2) is 8.93. The number of benzene rings is 1. The maximum atomic E-state index is 14.5. The predicted molar refractivity (Wildman–Crippen MR) is 122 cm³/mol. The van der Waals surface area contributed by atoms with E-state index in [-0.39, 0.29) is 41.4 Å². The zero-order valence-corrected chi connectivity index (χ0v) is 18.5. The lowest BCUT2D eigenvalue weighted by Crippen LogP contribution is -2.44. The van der Waals surface area contributed by atoms with Gasteiger partial charge in [0.05, 0.1) is 24.7 Å². The number of rotatable bonds is 4. The summed E-state index contributed by atoms with van der Waals surface area (Å²) in [6.07, 6.45) is 1.79. The maximum Gasteiger partial charge on any atom is 0.332 e. The topological polar surface area (TPSA) is 115 Å². The molecule has 1 aliphatic heterocycles. The molecule has 1 fully saturated rings. The molecule has 0 amide bonds. The number of fused-ring (bicyclic) bond motifs is 1. The highest BCUT2D eigenvalue weighted by Gasteiger charge is 2.26. The number of piperidine rings is 1. The van der Waals surface area contributed by atoms with Gasteiger partial charge in [-0.3, -0.25) is 18.5 Å². The molecule has 9 nitrogen and oxygen atoms in total. The van der Waals surface area contributed by atoms with Crippen LogP contribution in [0.4, 0.5) is 10.3 Å². The fourth-order valence-electron chi connectivity index (χ4n) is 4.22. The molecule has 1 saturated heterocycles. The summed E-state index contributed by atoms with van der Waals surface area (Å²) in [7, 11) is 1.52. The van der Waals surface area contributed by atoms with Crippen LogP contribution in [0.15, 0.2) is 27.8 Å². The van der Waals surface area contributed by atoms with Gasteiger partial charge in [0.1, 0.15) is 5.82 Å². The summed E-state index contributed by atoms with van der Waals surface area (Å²) in [5.41, 5.74) is 5.37. The van der Waals surface area contributed by atoms with Gasteiger partial charge >= 0.3 is 5.69 Å². The average Bonchev–Trinajstić information content (AvgIpc) is 3.19. The molecule has 33 heavy (non-hydrogen) atoms. The van der Waals surface area contributed by atoms with Gasteiger partial charge < -0.3 is 10.6 Å². The molecule has 3 aromatic rings. The van der Waals surface area contributed by atoms with Crippen molar-refractivity contribution < 1.29 is 4.39 Å². The van der Waals surface area contributed by atoms with E-state index in [0.717, 1.165) is 24.0 Å². The first-order valence-electron chi connectivity index (χ1n) is 10.6. The number of imidazole rings is 1. The van der Waals surface area contributed by atoms with E-state index in [0.29, 0.717) is 12.5 Å². The molecule has 2 aromatic heterocycles. The monoisotopic (exact) mass is 449 g/mol. The summed E-state index contributed by atoms with van der Waals surface area (Å²) in [5.74, 6) is 5.66. The molecule has 0 spiro atoms. The minimum Gasteiger partial charge on any atom is -0.341 e. The Morgan fingerprint density at radius 3 is 2.79 bits per heavy atom. The Hall–Kier alpha value is -3.89. The molecular weight excluding hydrogens is 425 g/mol. The van der Waals surface area contributed by atoms with E-state index in [1.165, 1.54) is 29.8 Å². The molecule has 0 aliphatic carbocycles. The summed E-state index contributed by atoms with van der Waals surface area (Å²) >= 11 is 0. The molecule has 4 rings (SSSR count). The van der Waals surface area contributed by atoms with Crippen molar-refractivity contribution in [2.45, 2.75) is 38.9 Å². The van der Waals surface area contributed by atoms with Crippen molar-refractivity contribution in [1.29, 1.82) is 5.26 Å². The van der Waals surface area contributed by atoms with Crippen LogP contribution in [0.2, 0.25) is 0 Å². The summed E-state index contributed by atoms with van der Waals surface area (Å²) in [6.45, 7) is 2.83. The molecule has 1 aliphatic rings. The smallest absolute Gasteiger partial charge is 0.332 e. The minimum atomic E-state index is -0.656. The maximum absolute atomic E-state index is 14.5. The van der Waals surface area contributed by atoms with Gasteiger partial charge in [0.25, 0.3) is 5.56 Å². The van der Waals surface area contributed by atoms with Gasteiger partial charge in [-0.05, 0) is 31.9 Å². The summed E-state index contributed by atoms with van der Waals surface area (Å²) in [6, 6.07) is 5.96. The van der Waals surface area contributed by atoms with Crippen molar-refractivity contribution in [3.63, 3.8) is 0 Å². The number of halogens is 1. The van der Waals surface area contributed by atoms with E-state index in [1.54, 1.807) is 11.5 Å². The zero-order valence-electron chi connectivity index (χ0n) is 18.5. The summed E-state index contributed by atoms with van der Waals surface area (Å²) in [4.78, 5) is 33.3. The van der Waals surface area contributed by atoms with Crippen LogP contribution >= 0.6 is 0 Å². The highest BCUT2D eigenvalue weighted by Crippen LogP contribution is 2.23. The first kappa shape index (κ1) is 22.3. The molecule has 0 bridgehead atoms. The van der Waals surface area contributed by atoms with Crippen molar-refractivity contribution >= 4 is 17.1 Å². The van der Waals surface area contributed by atoms with Gasteiger partial charge in [0.2, 0.25) is 5.95 Å². The standard InChI is InChI=1S/C23H24FN7O2/c1-3-4-11-30-19-20(27-22(30)29-10-6-8-16(26)13-29)28(2)23(33)31(21(19)32)14-17-15(12-25)7-5-9-18(17)24/h5,7,9,16H,6,8,10-11,13-14,26H2,1-2H3/t16-/m1/s1. The molecule has 10 heteroatoms. The highest BCUT2D eigenvalue weighted by molar-refractivity contribution is 5.75. The molecular formula is C23H24FN7O2. The fraction of sp³-hybridized carbons (Fsp3) is 0.391. The van der Waals surface area contributed by atoms with E-state index in [4.69, 9.17) is 5.73 Å². The quantitative estimate of drug-likeness (QED) is 0.592. The van der Waals surface area contributed by atoms with Crippen molar-refractivity contribution in [3.05, 3.63) is 56.0 Å². The molecule has 2 N–H and O–H groups in total. The van der Waals surface area contributed by atoms with Crippen LogP contribution in [0.25, 0.3) is 11.2 Å². The zero-order chi connectivity index (χ0) is 23.7. The summed E-state index contributed by atoms with van der Waals surface area (Å²) < 4.78 is 18.4. The Morgan fingerprint density at radius 2 is 2.09 bits per heavy atom. The Kier molecular flexibility index (Phi) is 6.03. The van der Waals surface area contributed by atoms with E-state index < -0.39 is 17.1 Å². The molecule has 1 aromatic carbocycles. The first-order chi connectivity index (χ1) is 15.9. The second-order valence-corrected chi connectivity index (χ2v) is 8.06. The van der Waals surface area contributed by atoms with Gasteiger partial charge in [-0.1, -0.05) is 12.0 Å². The first-order valence-corrected chi connectivity index (χ1v) is 10.6. The third kappa shape index (κ3) is 3.90. The Morgan fingerprint density at radius 1 is 1.30 bits per heavy atom. The Labute approximate surface area is 189 Å². The predicted octanol–water partition coefficient (Wildman–Crippen LogP) is 0.907. The van der Waals surface area contributed by atoms with Crippen molar-refractivity contribution in [1.82, 2.24) is 18.7 Å². The number of aryl methyl sites for hydroxylation is 1. The van der Waals surface area contributed by atoms with E-state index in [9.17, 15) is 19.2 Å². The van der Waals surface area contributed by atoms with Crippen LogP contribution in [0.5, 0.6) is 0 Å². The second-order valence-electron chi connectivity index (χ2n) is 8.06. The van der Waals surface area contributed by atoms with E-state index in [2.05, 4.69) is 16.8 Å². The van der Waals surface area contributed by atoms with Crippen LogP contribution in [0, 0.1) is 29.0 Å². The van der Waals surface area contributed by atoms with Crippen molar-refractivity contribution in [3.8, 4) is 17.9 Å². The largest absolute Gasteiger partial charge is 0.341 e. The number of nitrogens with zero attached hydrogens (tertiary/aromatic N) is 6. The number of hydrogen-bond acceptors (Lipinski definition) is 6. The lowest BCUT2D eigenvalue weighted by Gasteiger charge is -2.31. The van der Waals surface area contributed by atoms with Gasteiger partial charge in [-0.2, -0.15) is 10.2 Å². The SMILES string of the molecule is CC#CCn1c(N2CCC[C@@H](N)C2)nc2c1c(=O)n(Cc1c(F)cccc1C#N)c(=O)n2C. The minimum absolute atomic E-state index is 0.0137. The van der Waals surface area contributed by atoms with E-state index >= 15 is 0 Å². The van der Waals surface area contributed by atoms with Gasteiger partial charge in [0, 0.05) is 31.7 Å².